The molecule has 0 amide bonds. The highest BCUT2D eigenvalue weighted by Gasteiger charge is 1.83. The normalized spacial score (nSPS) is 8.82. The zero-order chi connectivity index (χ0) is 12.3. The maximum atomic E-state index is 3.21. The summed E-state index contributed by atoms with van der Waals surface area (Å²) in [6.45, 7) is 4.22. The molecule has 88 valence electrons. The minimum absolute atomic E-state index is 0.998. The maximum Gasteiger partial charge on any atom is 0.0407 e. The Morgan fingerprint density at radius 3 is 2.65 bits per heavy atom. The van der Waals surface area contributed by atoms with Crippen molar-refractivity contribution in [3.8, 4) is 11.8 Å². The molecule has 0 saturated carbocycles. The van der Waals surface area contributed by atoms with Gasteiger partial charge in [0, 0.05) is 12.0 Å². The second kappa shape index (κ2) is 8.45. The average Bonchev–Trinajstić information content (AvgIpc) is 2.37. The summed E-state index contributed by atoms with van der Waals surface area (Å²) in [6.07, 6.45) is 6.72. The van der Waals surface area contributed by atoms with Gasteiger partial charge in [0.1, 0.15) is 0 Å². The van der Waals surface area contributed by atoms with Crippen molar-refractivity contribution < 1.29 is 0 Å². The largest absolute Gasteiger partial charge is 0.108 e. The quantitative estimate of drug-likeness (QED) is 0.390. The van der Waals surface area contributed by atoms with E-state index in [1.807, 2.05) is 31.2 Å². The molecule has 0 nitrogen and oxygen atoms in total. The van der Waals surface area contributed by atoms with Crippen LogP contribution in [0.3, 0.4) is 0 Å². The van der Waals surface area contributed by atoms with Gasteiger partial charge in [-0.05, 0) is 25.0 Å². The van der Waals surface area contributed by atoms with Gasteiger partial charge in [0.15, 0.2) is 0 Å². The Morgan fingerprint density at radius 2 is 1.94 bits per heavy atom. The van der Waals surface area contributed by atoms with E-state index in [9.17, 15) is 0 Å². The lowest BCUT2D eigenvalue weighted by Gasteiger charge is -1.89. The van der Waals surface area contributed by atoms with E-state index in [1.165, 1.54) is 24.8 Å². The topological polar surface area (TPSA) is 0 Å². The molecule has 0 N–H and O–H groups in total. The van der Waals surface area contributed by atoms with Gasteiger partial charge in [-0.1, -0.05) is 61.9 Å². The van der Waals surface area contributed by atoms with E-state index in [-0.39, 0.29) is 0 Å². The Kier molecular flexibility index (Phi) is 6.64. The van der Waals surface area contributed by atoms with E-state index in [0.717, 1.165) is 12.0 Å². The van der Waals surface area contributed by atoms with Crippen molar-refractivity contribution in [3.05, 3.63) is 47.2 Å². The second-order valence-electron chi connectivity index (χ2n) is 4.08. The van der Waals surface area contributed by atoms with Crippen molar-refractivity contribution in [3.63, 3.8) is 0 Å². The molecular weight excluding hydrogens is 204 g/mol. The van der Waals surface area contributed by atoms with Crippen molar-refractivity contribution in [1.29, 1.82) is 0 Å². The molecule has 0 aliphatic rings. The van der Waals surface area contributed by atoms with Crippen molar-refractivity contribution in [2.24, 2.45) is 0 Å². The van der Waals surface area contributed by atoms with Crippen LogP contribution in [0, 0.1) is 11.8 Å². The summed E-state index contributed by atoms with van der Waals surface area (Å²) >= 11 is 0. The van der Waals surface area contributed by atoms with Crippen LogP contribution in [0.2, 0.25) is 0 Å². The van der Waals surface area contributed by atoms with Crippen LogP contribution >= 0.6 is 0 Å². The molecule has 17 heavy (non-hydrogen) atoms. The predicted octanol–water partition coefficient (Wildman–Crippen LogP) is 4.83. The van der Waals surface area contributed by atoms with Crippen molar-refractivity contribution >= 4 is 6.08 Å². The highest BCUT2D eigenvalue weighted by Crippen LogP contribution is 2.01. The summed E-state index contributed by atoms with van der Waals surface area (Å²) < 4.78 is 0. The van der Waals surface area contributed by atoms with Gasteiger partial charge >= 0.3 is 0 Å². The van der Waals surface area contributed by atoms with Crippen LogP contribution in [0.4, 0.5) is 0 Å². The first-order valence-corrected chi connectivity index (χ1v) is 6.30. The molecule has 0 atom stereocenters. The van der Waals surface area contributed by atoms with E-state index in [4.69, 9.17) is 0 Å². The van der Waals surface area contributed by atoms with Crippen LogP contribution in [0.1, 0.15) is 45.1 Å². The van der Waals surface area contributed by atoms with Gasteiger partial charge in [-0.15, -0.1) is 5.73 Å². The maximum absolute atomic E-state index is 3.21. The minimum Gasteiger partial charge on any atom is -0.108 e. The smallest absolute Gasteiger partial charge is 0.0407 e. The highest BCUT2D eigenvalue weighted by atomic mass is 13.9. The van der Waals surface area contributed by atoms with Gasteiger partial charge in [-0.25, -0.2) is 0 Å². The molecule has 0 fully saturated rings. The van der Waals surface area contributed by atoms with E-state index in [2.05, 4.69) is 36.6 Å². The fourth-order valence-electron chi connectivity index (χ4n) is 1.44. The van der Waals surface area contributed by atoms with Gasteiger partial charge in [0.25, 0.3) is 0 Å². The molecule has 0 heterocycles. The molecule has 0 heteroatoms. The number of rotatable bonds is 4. The Morgan fingerprint density at radius 1 is 1.18 bits per heavy atom. The lowest BCUT2D eigenvalue weighted by atomic mass is 10.2. The summed E-state index contributed by atoms with van der Waals surface area (Å²) in [5.74, 6) is 6.32. The molecule has 0 unspecified atom stereocenters. The third-order valence-electron chi connectivity index (χ3n) is 2.44. The summed E-state index contributed by atoms with van der Waals surface area (Å²) in [7, 11) is 0. The fraction of sp³-hybridized carbons (Fsp3) is 0.353. The molecule has 0 radical (unpaired) electrons. The number of hydrogen-bond donors (Lipinski definition) is 0. The van der Waals surface area contributed by atoms with Gasteiger partial charge in [-0.3, -0.25) is 0 Å². The number of unbranched alkanes of at least 4 members (excludes halogenated alkanes) is 3. The Balaban J connectivity index is 2.51. The van der Waals surface area contributed by atoms with Crippen LogP contribution in [-0.2, 0) is 0 Å². The first-order valence-electron chi connectivity index (χ1n) is 6.30. The molecule has 0 aromatic heterocycles. The molecular formula is C17H20. The van der Waals surface area contributed by atoms with E-state index in [1.54, 1.807) is 0 Å². The summed E-state index contributed by atoms with van der Waals surface area (Å²) in [4.78, 5) is 0. The molecule has 0 aliphatic carbocycles. The van der Waals surface area contributed by atoms with Crippen molar-refractivity contribution in [2.75, 3.05) is 0 Å². The van der Waals surface area contributed by atoms with E-state index in [0.29, 0.717) is 0 Å². The lowest BCUT2D eigenvalue weighted by molar-refractivity contribution is 0.737. The Labute approximate surface area is 105 Å². The highest BCUT2D eigenvalue weighted by molar-refractivity contribution is 5.50. The Hall–Kier alpha value is -1.70. The molecule has 0 spiro atoms. The molecule has 1 aromatic rings. The number of hydrogen-bond acceptors (Lipinski definition) is 0. The van der Waals surface area contributed by atoms with Gasteiger partial charge in [0.2, 0.25) is 0 Å². The monoisotopic (exact) mass is 224 g/mol. The summed E-state index contributed by atoms with van der Waals surface area (Å²) in [5, 5.41) is 0. The Bertz CT molecular complexity index is 434. The molecule has 0 bridgehead atoms. The third kappa shape index (κ3) is 6.46. The molecule has 0 saturated heterocycles. The standard InChI is InChI=1S/C17H20/c1-3-4-5-6-8-11-16(2)14-15-17-12-9-7-10-13-17/h7,9-10,12-13,15H,3-6H2,1-2H3. The van der Waals surface area contributed by atoms with Crippen molar-refractivity contribution in [1.82, 2.24) is 0 Å². The molecule has 1 rings (SSSR count). The lowest BCUT2D eigenvalue weighted by Crippen LogP contribution is -1.72. The van der Waals surface area contributed by atoms with E-state index < -0.39 is 0 Å². The van der Waals surface area contributed by atoms with Crippen molar-refractivity contribution in [2.45, 2.75) is 39.5 Å². The molecule has 1 aromatic carbocycles. The van der Waals surface area contributed by atoms with Crippen LogP contribution in [0.25, 0.3) is 6.08 Å². The fourth-order valence-corrected chi connectivity index (χ4v) is 1.44. The number of allylic oxidation sites excluding steroid dienone is 1. The minimum atomic E-state index is 0.998. The van der Waals surface area contributed by atoms with Crippen LogP contribution in [-0.4, -0.2) is 0 Å². The zero-order valence-electron chi connectivity index (χ0n) is 10.8. The summed E-state index contributed by atoms with van der Waals surface area (Å²) in [6, 6.07) is 10.2. The predicted molar refractivity (Wildman–Crippen MR) is 75.5 cm³/mol. The first-order chi connectivity index (χ1) is 8.33. The third-order valence-corrected chi connectivity index (χ3v) is 2.44. The van der Waals surface area contributed by atoms with Gasteiger partial charge in [-0.2, -0.15) is 0 Å². The summed E-state index contributed by atoms with van der Waals surface area (Å²) in [5.41, 5.74) is 5.38. The average molecular weight is 224 g/mol. The van der Waals surface area contributed by atoms with Crippen LogP contribution in [0.5, 0.6) is 0 Å². The first kappa shape index (κ1) is 13.4. The van der Waals surface area contributed by atoms with Gasteiger partial charge in [0.05, 0.1) is 0 Å². The number of benzene rings is 1. The zero-order valence-corrected chi connectivity index (χ0v) is 10.8. The second-order valence-corrected chi connectivity index (χ2v) is 4.08. The van der Waals surface area contributed by atoms with Crippen LogP contribution in [0.15, 0.2) is 41.6 Å². The SMILES string of the molecule is CCCCCC#CC(C)=C=Cc1ccccc1. The molecule has 0 aliphatic heterocycles. The van der Waals surface area contributed by atoms with E-state index >= 15 is 0 Å². The van der Waals surface area contributed by atoms with Gasteiger partial charge < -0.3 is 0 Å². The van der Waals surface area contributed by atoms with Crippen LogP contribution < -0.4 is 0 Å².